The van der Waals surface area contributed by atoms with Crippen LogP contribution in [0.5, 0.6) is 11.5 Å². The van der Waals surface area contributed by atoms with Crippen molar-refractivity contribution in [1.82, 2.24) is 0 Å². The van der Waals surface area contributed by atoms with Crippen molar-refractivity contribution in [1.29, 1.82) is 0 Å². The van der Waals surface area contributed by atoms with E-state index in [1.54, 1.807) is 36.4 Å². The van der Waals surface area contributed by atoms with Crippen molar-refractivity contribution < 1.29 is 28.6 Å². The zero-order valence-corrected chi connectivity index (χ0v) is 15.2. The van der Waals surface area contributed by atoms with Crippen LogP contribution in [0.2, 0.25) is 0 Å². The fraction of sp³-hybridized carbons (Fsp3) is 0.190. The molecule has 27 heavy (non-hydrogen) atoms. The van der Waals surface area contributed by atoms with Crippen LogP contribution in [0.4, 0.5) is 0 Å². The average molecular weight is 366 g/mol. The quantitative estimate of drug-likeness (QED) is 0.756. The number of methoxy groups -OCH3 is 2. The van der Waals surface area contributed by atoms with Crippen LogP contribution in [-0.2, 0) is 16.1 Å². The molecular weight excluding hydrogens is 348 g/mol. The van der Waals surface area contributed by atoms with Gasteiger partial charge in [-0.05, 0) is 12.1 Å². The van der Waals surface area contributed by atoms with Gasteiger partial charge in [-0.1, -0.05) is 24.3 Å². The molecule has 6 heteroatoms. The number of rotatable bonds is 5. The molecule has 0 saturated heterocycles. The van der Waals surface area contributed by atoms with E-state index < -0.39 is 5.97 Å². The molecule has 3 rings (SSSR count). The van der Waals surface area contributed by atoms with Crippen LogP contribution in [0.25, 0.3) is 5.57 Å². The van der Waals surface area contributed by atoms with Crippen LogP contribution >= 0.6 is 0 Å². The van der Waals surface area contributed by atoms with Crippen LogP contribution in [0, 0.1) is 0 Å². The van der Waals surface area contributed by atoms with E-state index in [1.807, 2.05) is 0 Å². The molecule has 138 valence electrons. The molecule has 0 bridgehead atoms. The first-order valence-corrected chi connectivity index (χ1v) is 8.24. The Kier molecular flexibility index (Phi) is 5.07. The predicted molar refractivity (Wildman–Crippen MR) is 98.1 cm³/mol. The Balaban J connectivity index is 2.19. The lowest BCUT2D eigenvalue weighted by atomic mass is 9.84. The fourth-order valence-electron chi connectivity index (χ4n) is 3.02. The average Bonchev–Trinajstić information content (AvgIpc) is 2.68. The number of carbonyl (C=O) groups is 3. The standard InChI is InChI=1S/C21H18O6/c1-12(22)27-11-13-8-14(25-2)9-19(26-3)20(13)17-10-18(23)15-6-4-5-7-16(15)21(17)24/h4-10H,11H2,1-3H3. The van der Waals surface area contributed by atoms with Gasteiger partial charge in [0.05, 0.1) is 14.2 Å². The first kappa shape index (κ1) is 18.4. The highest BCUT2D eigenvalue weighted by atomic mass is 16.5. The van der Waals surface area contributed by atoms with Gasteiger partial charge >= 0.3 is 5.97 Å². The molecule has 0 aliphatic heterocycles. The minimum atomic E-state index is -0.465. The molecule has 0 saturated carbocycles. The van der Waals surface area contributed by atoms with Crippen molar-refractivity contribution in [2.45, 2.75) is 13.5 Å². The topological polar surface area (TPSA) is 78.9 Å². The monoisotopic (exact) mass is 366 g/mol. The van der Waals surface area contributed by atoms with Gasteiger partial charge < -0.3 is 14.2 Å². The molecule has 0 fully saturated rings. The first-order valence-electron chi connectivity index (χ1n) is 8.24. The lowest BCUT2D eigenvalue weighted by molar-refractivity contribution is -0.142. The number of allylic oxidation sites excluding steroid dienone is 2. The van der Waals surface area contributed by atoms with E-state index in [9.17, 15) is 14.4 Å². The summed E-state index contributed by atoms with van der Waals surface area (Å²) in [5, 5.41) is 0. The minimum Gasteiger partial charge on any atom is -0.497 e. The Bertz CT molecular complexity index is 971. The summed E-state index contributed by atoms with van der Waals surface area (Å²) in [5.74, 6) is -0.195. The van der Waals surface area contributed by atoms with Crippen molar-refractivity contribution in [3.05, 3.63) is 64.7 Å². The summed E-state index contributed by atoms with van der Waals surface area (Å²) in [4.78, 5) is 36.9. The van der Waals surface area contributed by atoms with Crippen LogP contribution in [0.3, 0.4) is 0 Å². The van der Waals surface area contributed by atoms with Gasteiger partial charge in [-0.25, -0.2) is 0 Å². The van der Waals surface area contributed by atoms with Crippen molar-refractivity contribution in [3.63, 3.8) is 0 Å². The molecular formula is C21H18O6. The number of ether oxygens (including phenoxy) is 3. The maximum atomic E-state index is 13.1. The Labute approximate surface area is 156 Å². The summed E-state index contributed by atoms with van der Waals surface area (Å²) < 4.78 is 15.8. The van der Waals surface area contributed by atoms with Crippen LogP contribution in [-0.4, -0.2) is 31.8 Å². The zero-order valence-electron chi connectivity index (χ0n) is 15.2. The van der Waals surface area contributed by atoms with Gasteiger partial charge in [0.2, 0.25) is 0 Å². The second-order valence-electron chi connectivity index (χ2n) is 5.94. The summed E-state index contributed by atoms with van der Waals surface area (Å²) in [6, 6.07) is 9.92. The molecule has 1 aliphatic rings. The second kappa shape index (κ2) is 7.45. The van der Waals surface area contributed by atoms with E-state index in [0.29, 0.717) is 33.8 Å². The summed E-state index contributed by atoms with van der Waals surface area (Å²) in [5.41, 5.74) is 1.80. The van der Waals surface area contributed by atoms with E-state index in [2.05, 4.69) is 0 Å². The fourth-order valence-corrected chi connectivity index (χ4v) is 3.02. The molecule has 0 atom stereocenters. The number of esters is 1. The molecule has 6 nitrogen and oxygen atoms in total. The van der Waals surface area contributed by atoms with Gasteiger partial charge in [0.1, 0.15) is 18.1 Å². The Morgan fingerprint density at radius 2 is 1.70 bits per heavy atom. The van der Waals surface area contributed by atoms with E-state index in [0.717, 1.165) is 0 Å². The lowest BCUT2D eigenvalue weighted by Crippen LogP contribution is -2.18. The van der Waals surface area contributed by atoms with Crippen molar-refractivity contribution in [3.8, 4) is 11.5 Å². The van der Waals surface area contributed by atoms with Crippen LogP contribution < -0.4 is 9.47 Å². The predicted octanol–water partition coefficient (Wildman–Crippen LogP) is 3.23. The van der Waals surface area contributed by atoms with Crippen molar-refractivity contribution in [2.24, 2.45) is 0 Å². The molecule has 0 radical (unpaired) electrons. The highest BCUT2D eigenvalue weighted by Gasteiger charge is 2.30. The smallest absolute Gasteiger partial charge is 0.302 e. The van der Waals surface area contributed by atoms with E-state index in [4.69, 9.17) is 14.2 Å². The number of Topliss-reactive ketones (excluding diaryl/α,β-unsaturated/α-hetero) is 1. The number of hydrogen-bond donors (Lipinski definition) is 0. The summed E-state index contributed by atoms with van der Waals surface area (Å²) in [6.45, 7) is 1.21. The van der Waals surface area contributed by atoms with E-state index in [1.165, 1.54) is 27.2 Å². The summed E-state index contributed by atoms with van der Waals surface area (Å²) in [6.07, 6.45) is 1.30. The third-order valence-electron chi connectivity index (χ3n) is 4.27. The summed E-state index contributed by atoms with van der Waals surface area (Å²) in [7, 11) is 2.95. The van der Waals surface area contributed by atoms with E-state index >= 15 is 0 Å². The largest absolute Gasteiger partial charge is 0.497 e. The van der Waals surface area contributed by atoms with Gasteiger partial charge in [-0.15, -0.1) is 0 Å². The Morgan fingerprint density at radius 3 is 2.33 bits per heavy atom. The van der Waals surface area contributed by atoms with Gasteiger partial charge in [-0.2, -0.15) is 0 Å². The third-order valence-corrected chi connectivity index (χ3v) is 4.27. The normalized spacial score (nSPS) is 12.9. The zero-order chi connectivity index (χ0) is 19.6. The highest BCUT2D eigenvalue weighted by molar-refractivity contribution is 6.39. The Hall–Kier alpha value is -3.41. The molecule has 0 aromatic heterocycles. The molecule has 0 N–H and O–H groups in total. The lowest BCUT2D eigenvalue weighted by Gasteiger charge is -2.20. The molecule has 0 heterocycles. The van der Waals surface area contributed by atoms with Gasteiger partial charge in [-0.3, -0.25) is 14.4 Å². The SMILES string of the molecule is COc1cc(COC(C)=O)c(C2=CC(=O)c3ccccc3C2=O)c(OC)c1. The molecule has 2 aromatic carbocycles. The van der Waals surface area contributed by atoms with Crippen molar-refractivity contribution in [2.75, 3.05) is 14.2 Å². The van der Waals surface area contributed by atoms with Gasteiger partial charge in [0, 0.05) is 40.8 Å². The number of ketones is 2. The number of benzene rings is 2. The number of carbonyl (C=O) groups excluding carboxylic acids is 3. The third kappa shape index (κ3) is 3.46. The van der Waals surface area contributed by atoms with Gasteiger partial charge in [0.15, 0.2) is 11.6 Å². The molecule has 0 amide bonds. The van der Waals surface area contributed by atoms with E-state index in [-0.39, 0.29) is 23.7 Å². The first-order chi connectivity index (χ1) is 13.0. The molecule has 0 spiro atoms. The Morgan fingerprint density at radius 1 is 1.00 bits per heavy atom. The second-order valence-corrected chi connectivity index (χ2v) is 5.94. The van der Waals surface area contributed by atoms with Gasteiger partial charge in [0.25, 0.3) is 0 Å². The van der Waals surface area contributed by atoms with Crippen LogP contribution in [0.15, 0.2) is 42.5 Å². The van der Waals surface area contributed by atoms with Crippen LogP contribution in [0.1, 0.15) is 38.8 Å². The number of hydrogen-bond acceptors (Lipinski definition) is 6. The maximum Gasteiger partial charge on any atom is 0.302 e. The molecule has 0 unspecified atom stereocenters. The number of fused-ring (bicyclic) bond motifs is 1. The highest BCUT2D eigenvalue weighted by Crippen LogP contribution is 2.38. The molecule has 1 aliphatic carbocycles. The minimum absolute atomic E-state index is 0.0846. The maximum absolute atomic E-state index is 13.1. The summed E-state index contributed by atoms with van der Waals surface area (Å²) >= 11 is 0. The van der Waals surface area contributed by atoms with Crippen molar-refractivity contribution >= 4 is 23.1 Å². The molecule has 2 aromatic rings.